The minimum Gasteiger partial charge on any atom is -0.337 e. The Labute approximate surface area is 104 Å². The van der Waals surface area contributed by atoms with Gasteiger partial charge in [0.2, 0.25) is 0 Å². The van der Waals surface area contributed by atoms with Crippen molar-refractivity contribution in [2.45, 2.75) is 20.8 Å². The van der Waals surface area contributed by atoms with E-state index in [0.29, 0.717) is 0 Å². The predicted molar refractivity (Wildman–Crippen MR) is 69.1 cm³/mol. The second kappa shape index (κ2) is 3.87. The molecule has 0 amide bonds. The number of hydrogen-bond acceptors (Lipinski definition) is 4. The second-order valence-corrected chi connectivity index (χ2v) is 4.45. The molecule has 3 heterocycles. The van der Waals surface area contributed by atoms with Crippen molar-refractivity contribution < 1.29 is 0 Å². The van der Waals surface area contributed by atoms with Crippen molar-refractivity contribution in [1.29, 1.82) is 0 Å². The average molecular weight is 239 g/mol. The summed E-state index contributed by atoms with van der Waals surface area (Å²) in [6, 6.07) is 4.02. The van der Waals surface area contributed by atoms with E-state index in [1.807, 2.05) is 39.1 Å². The summed E-state index contributed by atoms with van der Waals surface area (Å²) in [5.74, 6) is 0.790. The fourth-order valence-corrected chi connectivity index (χ4v) is 1.92. The van der Waals surface area contributed by atoms with Crippen LogP contribution in [0.15, 0.2) is 18.3 Å². The number of rotatable bonds is 1. The number of aryl methyl sites for hydroxylation is 3. The van der Waals surface area contributed by atoms with Crippen LogP contribution in [0.1, 0.15) is 17.0 Å². The minimum atomic E-state index is 0.726. The van der Waals surface area contributed by atoms with Crippen LogP contribution in [-0.4, -0.2) is 25.1 Å². The maximum atomic E-state index is 4.49. The Hall–Kier alpha value is -2.30. The summed E-state index contributed by atoms with van der Waals surface area (Å²) in [5.41, 5.74) is 5.48. The van der Waals surface area contributed by atoms with Gasteiger partial charge in [0.05, 0.1) is 16.9 Å². The topological polar surface area (TPSA) is 67.3 Å². The van der Waals surface area contributed by atoms with Gasteiger partial charge in [-0.15, -0.1) is 0 Å². The van der Waals surface area contributed by atoms with E-state index < -0.39 is 0 Å². The fraction of sp³-hybridized carbons (Fsp3) is 0.231. The summed E-state index contributed by atoms with van der Waals surface area (Å²) in [7, 11) is 0. The molecular weight excluding hydrogens is 226 g/mol. The van der Waals surface area contributed by atoms with Crippen LogP contribution >= 0.6 is 0 Å². The van der Waals surface area contributed by atoms with Gasteiger partial charge in [0.15, 0.2) is 5.65 Å². The molecule has 0 aliphatic heterocycles. The largest absolute Gasteiger partial charge is 0.337 e. The summed E-state index contributed by atoms with van der Waals surface area (Å²) in [6.07, 6.45) is 1.82. The average Bonchev–Trinajstić information content (AvgIpc) is 2.74. The van der Waals surface area contributed by atoms with Crippen LogP contribution in [0.4, 0.5) is 0 Å². The highest BCUT2D eigenvalue weighted by molar-refractivity contribution is 5.76. The van der Waals surface area contributed by atoms with Gasteiger partial charge < -0.3 is 4.98 Å². The Balaban J connectivity index is 2.22. The van der Waals surface area contributed by atoms with Crippen LogP contribution in [0, 0.1) is 20.8 Å². The van der Waals surface area contributed by atoms with Crippen LogP contribution in [0.5, 0.6) is 0 Å². The smallest absolute Gasteiger partial charge is 0.178 e. The molecule has 18 heavy (non-hydrogen) atoms. The monoisotopic (exact) mass is 239 g/mol. The molecule has 5 nitrogen and oxygen atoms in total. The van der Waals surface area contributed by atoms with Gasteiger partial charge in [-0.1, -0.05) is 0 Å². The molecule has 90 valence electrons. The lowest BCUT2D eigenvalue weighted by molar-refractivity contribution is 0.940. The van der Waals surface area contributed by atoms with E-state index in [1.54, 1.807) is 0 Å². The zero-order valence-electron chi connectivity index (χ0n) is 10.5. The first kappa shape index (κ1) is 10.8. The molecule has 0 aliphatic rings. The number of aromatic amines is 1. The quantitative estimate of drug-likeness (QED) is 0.707. The molecule has 0 saturated heterocycles. The van der Waals surface area contributed by atoms with E-state index in [0.717, 1.165) is 39.5 Å². The molecule has 0 aromatic carbocycles. The first-order chi connectivity index (χ1) is 8.63. The first-order valence-corrected chi connectivity index (χ1v) is 5.77. The molecule has 0 fully saturated rings. The molecule has 0 spiro atoms. The lowest BCUT2D eigenvalue weighted by atomic mass is 10.2. The Morgan fingerprint density at radius 3 is 2.72 bits per heavy atom. The standard InChI is InChI=1S/C13H13N5/c1-7-4-11-13(14-6-7)16-12(15-11)10-5-8(2)17-18-9(10)3/h4-6H,1-3H3,(H,14,15,16). The minimum absolute atomic E-state index is 0.726. The van der Waals surface area contributed by atoms with Crippen molar-refractivity contribution in [2.24, 2.45) is 0 Å². The molecular formula is C13H13N5. The van der Waals surface area contributed by atoms with E-state index in [1.165, 1.54) is 0 Å². The Kier molecular flexibility index (Phi) is 2.33. The highest BCUT2D eigenvalue weighted by Gasteiger charge is 2.10. The number of nitrogens with one attached hydrogen (secondary N) is 1. The third-order valence-corrected chi connectivity index (χ3v) is 2.83. The molecule has 0 aliphatic carbocycles. The van der Waals surface area contributed by atoms with Crippen LogP contribution in [0.25, 0.3) is 22.6 Å². The lowest BCUT2D eigenvalue weighted by Gasteiger charge is -2.00. The summed E-state index contributed by atoms with van der Waals surface area (Å²) in [5, 5.41) is 8.14. The molecule has 0 atom stereocenters. The second-order valence-electron chi connectivity index (χ2n) is 4.45. The highest BCUT2D eigenvalue weighted by atomic mass is 15.1. The highest BCUT2D eigenvalue weighted by Crippen LogP contribution is 2.22. The number of fused-ring (bicyclic) bond motifs is 1. The normalized spacial score (nSPS) is 11.1. The molecule has 0 unspecified atom stereocenters. The van der Waals surface area contributed by atoms with E-state index >= 15 is 0 Å². The van der Waals surface area contributed by atoms with Gasteiger partial charge in [-0.2, -0.15) is 10.2 Å². The number of nitrogens with zero attached hydrogens (tertiary/aromatic N) is 4. The maximum Gasteiger partial charge on any atom is 0.178 e. The lowest BCUT2D eigenvalue weighted by Crippen LogP contribution is -1.94. The maximum absolute atomic E-state index is 4.49. The fourth-order valence-electron chi connectivity index (χ4n) is 1.92. The van der Waals surface area contributed by atoms with Gasteiger partial charge in [0.25, 0.3) is 0 Å². The third-order valence-electron chi connectivity index (χ3n) is 2.83. The van der Waals surface area contributed by atoms with Crippen molar-refractivity contribution >= 4 is 11.2 Å². The van der Waals surface area contributed by atoms with Crippen LogP contribution in [0.3, 0.4) is 0 Å². The van der Waals surface area contributed by atoms with Gasteiger partial charge in [0, 0.05) is 11.8 Å². The number of aromatic nitrogens is 5. The number of H-pyrrole nitrogens is 1. The predicted octanol–water partition coefficient (Wildman–Crippen LogP) is 2.34. The summed E-state index contributed by atoms with van der Waals surface area (Å²) < 4.78 is 0. The molecule has 0 bridgehead atoms. The van der Waals surface area contributed by atoms with Crippen molar-refractivity contribution in [3.63, 3.8) is 0 Å². The molecule has 0 radical (unpaired) electrons. The van der Waals surface area contributed by atoms with Gasteiger partial charge in [0.1, 0.15) is 5.82 Å². The SMILES string of the molecule is Cc1cnc2nc(-c3cc(C)nnc3C)[nH]c2c1. The van der Waals surface area contributed by atoms with Gasteiger partial charge in [-0.25, -0.2) is 9.97 Å². The summed E-state index contributed by atoms with van der Waals surface area (Å²) >= 11 is 0. The van der Waals surface area contributed by atoms with E-state index in [-0.39, 0.29) is 0 Å². The molecule has 3 aromatic heterocycles. The summed E-state index contributed by atoms with van der Waals surface area (Å²) in [6.45, 7) is 5.85. The molecule has 5 heteroatoms. The molecule has 1 N–H and O–H groups in total. The Morgan fingerprint density at radius 2 is 1.89 bits per heavy atom. The van der Waals surface area contributed by atoms with Crippen LogP contribution in [0.2, 0.25) is 0 Å². The van der Waals surface area contributed by atoms with E-state index in [4.69, 9.17) is 0 Å². The van der Waals surface area contributed by atoms with Gasteiger partial charge >= 0.3 is 0 Å². The first-order valence-electron chi connectivity index (χ1n) is 5.77. The van der Waals surface area contributed by atoms with E-state index in [9.17, 15) is 0 Å². The summed E-state index contributed by atoms with van der Waals surface area (Å²) in [4.78, 5) is 12.1. The van der Waals surface area contributed by atoms with Gasteiger partial charge in [-0.05, 0) is 38.5 Å². The van der Waals surface area contributed by atoms with Gasteiger partial charge in [-0.3, -0.25) is 0 Å². The van der Waals surface area contributed by atoms with Crippen molar-refractivity contribution in [2.75, 3.05) is 0 Å². The number of pyridine rings is 1. The molecule has 3 aromatic rings. The number of hydrogen-bond donors (Lipinski definition) is 1. The third kappa shape index (κ3) is 1.73. The number of imidazole rings is 1. The van der Waals surface area contributed by atoms with Crippen molar-refractivity contribution in [3.05, 3.63) is 35.3 Å². The molecule has 0 saturated carbocycles. The van der Waals surface area contributed by atoms with Crippen molar-refractivity contribution in [3.8, 4) is 11.4 Å². The Bertz CT molecular complexity index is 729. The zero-order valence-corrected chi connectivity index (χ0v) is 10.5. The Morgan fingerprint density at radius 1 is 1.06 bits per heavy atom. The molecule has 3 rings (SSSR count). The van der Waals surface area contributed by atoms with Crippen molar-refractivity contribution in [1.82, 2.24) is 25.1 Å². The van der Waals surface area contributed by atoms with Crippen LogP contribution in [-0.2, 0) is 0 Å². The van der Waals surface area contributed by atoms with Crippen LogP contribution < -0.4 is 0 Å². The van der Waals surface area contributed by atoms with E-state index in [2.05, 4.69) is 25.1 Å². The zero-order chi connectivity index (χ0) is 12.7.